The monoisotopic (exact) mass is 318 g/mol. The fraction of sp³-hybridized carbons (Fsp3) is 0. The first kappa shape index (κ1) is 11.2. The molecule has 1 aromatic carbocycles. The Kier molecular flexibility index (Phi) is 4.09. The number of nitrogens with zero attached hydrogens (tertiary/aromatic N) is 1. The van der Waals surface area contributed by atoms with E-state index in [0.717, 1.165) is 14.5 Å². The first-order valence-electron chi connectivity index (χ1n) is 3.68. The van der Waals surface area contributed by atoms with Crippen LogP contribution in [0.2, 0.25) is 0 Å². The minimum absolute atomic E-state index is 0.183. The van der Waals surface area contributed by atoms with Gasteiger partial charge in [0, 0.05) is 8.95 Å². The Balaban J connectivity index is 2.73. The van der Waals surface area contributed by atoms with Gasteiger partial charge in [0.1, 0.15) is 0 Å². The van der Waals surface area contributed by atoms with E-state index >= 15 is 0 Å². The molecule has 0 atom stereocenters. The van der Waals surface area contributed by atoms with Crippen LogP contribution in [0, 0.1) is 5.41 Å². The number of benzene rings is 1. The fourth-order valence-corrected chi connectivity index (χ4v) is 1.41. The largest absolute Gasteiger partial charge is 0.369 e. The summed E-state index contributed by atoms with van der Waals surface area (Å²) in [5.74, 6) is -0.183. The summed E-state index contributed by atoms with van der Waals surface area (Å²) >= 11 is 6.73. The van der Waals surface area contributed by atoms with E-state index in [1.165, 1.54) is 0 Å². The molecule has 74 valence electrons. The number of guanidine groups is 1. The van der Waals surface area contributed by atoms with Gasteiger partial charge in [-0.25, -0.2) is 5.43 Å². The van der Waals surface area contributed by atoms with Gasteiger partial charge in [-0.05, 0) is 49.6 Å². The maximum atomic E-state index is 6.87. The van der Waals surface area contributed by atoms with Crippen LogP contribution in [-0.4, -0.2) is 12.2 Å². The van der Waals surface area contributed by atoms with E-state index in [1.807, 2.05) is 18.2 Å². The highest BCUT2D eigenvalue weighted by molar-refractivity contribution is 9.13. The number of halogens is 2. The number of hydrazone groups is 1. The Morgan fingerprint density at radius 3 is 2.71 bits per heavy atom. The predicted octanol–water partition coefficient (Wildman–Crippen LogP) is 2.03. The summed E-state index contributed by atoms with van der Waals surface area (Å²) in [5, 5.41) is 10.6. The van der Waals surface area contributed by atoms with Crippen molar-refractivity contribution in [1.82, 2.24) is 5.43 Å². The lowest BCUT2D eigenvalue weighted by Gasteiger charge is -1.98. The van der Waals surface area contributed by atoms with E-state index < -0.39 is 0 Å². The molecule has 0 saturated carbocycles. The second kappa shape index (κ2) is 5.11. The van der Waals surface area contributed by atoms with Gasteiger partial charge in [-0.3, -0.25) is 5.41 Å². The SMILES string of the molecule is N=C(N)N/N=C/c1ccc(Br)c(Br)c1. The van der Waals surface area contributed by atoms with Crippen LogP contribution in [0.4, 0.5) is 0 Å². The highest BCUT2D eigenvalue weighted by Crippen LogP contribution is 2.22. The van der Waals surface area contributed by atoms with Crippen molar-refractivity contribution in [1.29, 1.82) is 5.41 Å². The topological polar surface area (TPSA) is 74.3 Å². The van der Waals surface area contributed by atoms with E-state index in [2.05, 4.69) is 42.4 Å². The van der Waals surface area contributed by atoms with Gasteiger partial charge in [0.15, 0.2) is 0 Å². The zero-order valence-corrected chi connectivity index (χ0v) is 10.3. The lowest BCUT2D eigenvalue weighted by atomic mass is 10.2. The van der Waals surface area contributed by atoms with Gasteiger partial charge >= 0.3 is 0 Å². The summed E-state index contributed by atoms with van der Waals surface area (Å²) in [7, 11) is 0. The molecule has 0 fully saturated rings. The Bertz CT molecular complexity index is 376. The quantitative estimate of drug-likeness (QED) is 0.443. The third-order valence-electron chi connectivity index (χ3n) is 1.34. The van der Waals surface area contributed by atoms with Crippen molar-refractivity contribution in [2.24, 2.45) is 10.8 Å². The lowest BCUT2D eigenvalue weighted by molar-refractivity contribution is 1.00. The lowest BCUT2D eigenvalue weighted by Crippen LogP contribution is -2.25. The minimum atomic E-state index is -0.183. The summed E-state index contributed by atoms with van der Waals surface area (Å²) in [4.78, 5) is 0. The van der Waals surface area contributed by atoms with Gasteiger partial charge in [-0.2, -0.15) is 5.10 Å². The first-order chi connectivity index (χ1) is 6.59. The molecule has 0 radical (unpaired) electrons. The van der Waals surface area contributed by atoms with Gasteiger partial charge in [0.05, 0.1) is 6.21 Å². The van der Waals surface area contributed by atoms with Crippen LogP contribution in [0.3, 0.4) is 0 Å². The summed E-state index contributed by atoms with van der Waals surface area (Å²) in [6.07, 6.45) is 1.58. The Hall–Kier alpha value is -0.880. The summed E-state index contributed by atoms with van der Waals surface area (Å²) in [6, 6.07) is 5.69. The summed E-state index contributed by atoms with van der Waals surface area (Å²) in [5.41, 5.74) is 8.29. The molecule has 0 saturated heterocycles. The molecular formula is C8H8Br2N4. The van der Waals surface area contributed by atoms with Crippen molar-refractivity contribution in [2.75, 3.05) is 0 Å². The standard InChI is InChI=1S/C8H8Br2N4/c9-6-2-1-5(3-7(6)10)4-13-14-8(11)12/h1-4H,(H4,11,12,14)/b13-4+. The number of nitrogens with one attached hydrogen (secondary N) is 2. The van der Waals surface area contributed by atoms with Gasteiger partial charge in [-0.15, -0.1) is 0 Å². The second-order valence-corrected chi connectivity index (χ2v) is 4.17. The van der Waals surface area contributed by atoms with Crippen molar-refractivity contribution in [3.8, 4) is 0 Å². The van der Waals surface area contributed by atoms with Gasteiger partial charge in [-0.1, -0.05) is 6.07 Å². The molecule has 0 aliphatic rings. The zero-order valence-electron chi connectivity index (χ0n) is 7.09. The Morgan fingerprint density at radius 2 is 2.14 bits per heavy atom. The normalized spacial score (nSPS) is 10.4. The van der Waals surface area contributed by atoms with Gasteiger partial charge in [0.2, 0.25) is 5.96 Å². The molecule has 4 N–H and O–H groups in total. The van der Waals surface area contributed by atoms with Crippen LogP contribution in [0.15, 0.2) is 32.2 Å². The highest BCUT2D eigenvalue weighted by atomic mass is 79.9. The van der Waals surface area contributed by atoms with Crippen molar-refractivity contribution in [3.63, 3.8) is 0 Å². The van der Waals surface area contributed by atoms with E-state index in [0.29, 0.717) is 0 Å². The molecule has 0 heterocycles. The van der Waals surface area contributed by atoms with E-state index in [1.54, 1.807) is 6.21 Å². The van der Waals surface area contributed by atoms with Crippen LogP contribution < -0.4 is 11.2 Å². The number of nitrogens with two attached hydrogens (primary N) is 1. The predicted molar refractivity (Wildman–Crippen MR) is 64.5 cm³/mol. The Morgan fingerprint density at radius 1 is 1.43 bits per heavy atom. The average molecular weight is 320 g/mol. The number of hydrogen-bond acceptors (Lipinski definition) is 2. The molecule has 4 nitrogen and oxygen atoms in total. The van der Waals surface area contributed by atoms with E-state index in [-0.39, 0.29) is 5.96 Å². The molecule has 0 aliphatic heterocycles. The van der Waals surface area contributed by atoms with Crippen LogP contribution in [-0.2, 0) is 0 Å². The van der Waals surface area contributed by atoms with Gasteiger partial charge < -0.3 is 5.73 Å². The molecule has 0 unspecified atom stereocenters. The molecule has 1 rings (SSSR count). The molecule has 0 spiro atoms. The molecule has 14 heavy (non-hydrogen) atoms. The fourth-order valence-electron chi connectivity index (χ4n) is 0.769. The Labute approximate surface area is 98.3 Å². The highest BCUT2D eigenvalue weighted by Gasteiger charge is 1.95. The second-order valence-electron chi connectivity index (χ2n) is 2.46. The maximum Gasteiger partial charge on any atom is 0.206 e. The first-order valence-corrected chi connectivity index (χ1v) is 5.26. The molecule has 0 bridgehead atoms. The summed E-state index contributed by atoms with van der Waals surface area (Å²) in [6.45, 7) is 0. The zero-order chi connectivity index (χ0) is 10.6. The van der Waals surface area contributed by atoms with Crippen molar-refractivity contribution < 1.29 is 0 Å². The average Bonchev–Trinajstić information content (AvgIpc) is 2.10. The molecule has 1 aromatic rings. The molecule has 0 aliphatic carbocycles. The van der Waals surface area contributed by atoms with E-state index in [9.17, 15) is 0 Å². The number of rotatable bonds is 2. The van der Waals surface area contributed by atoms with Crippen molar-refractivity contribution in [3.05, 3.63) is 32.7 Å². The van der Waals surface area contributed by atoms with Crippen LogP contribution >= 0.6 is 31.9 Å². The molecule has 0 aromatic heterocycles. The van der Waals surface area contributed by atoms with Crippen LogP contribution in [0.5, 0.6) is 0 Å². The molecule has 6 heteroatoms. The maximum absolute atomic E-state index is 6.87. The molecular weight excluding hydrogens is 312 g/mol. The van der Waals surface area contributed by atoms with Crippen molar-refractivity contribution >= 4 is 44.0 Å². The van der Waals surface area contributed by atoms with Crippen LogP contribution in [0.25, 0.3) is 0 Å². The van der Waals surface area contributed by atoms with E-state index in [4.69, 9.17) is 11.1 Å². The van der Waals surface area contributed by atoms with Crippen LogP contribution in [0.1, 0.15) is 5.56 Å². The smallest absolute Gasteiger partial charge is 0.206 e. The molecule has 0 amide bonds. The van der Waals surface area contributed by atoms with Gasteiger partial charge in [0.25, 0.3) is 0 Å². The number of hydrogen-bond donors (Lipinski definition) is 3. The third-order valence-corrected chi connectivity index (χ3v) is 3.22. The van der Waals surface area contributed by atoms with Crippen molar-refractivity contribution in [2.45, 2.75) is 0 Å². The summed E-state index contributed by atoms with van der Waals surface area (Å²) < 4.78 is 1.93. The third kappa shape index (κ3) is 3.47. The minimum Gasteiger partial charge on any atom is -0.369 e.